The SMILES string of the molecule is CC(C)(C)C(NC(=O)O)c1cc(OC2CCOCC2)ccc1N. The maximum atomic E-state index is 11.1. The van der Waals surface area contributed by atoms with E-state index in [1.807, 2.05) is 32.9 Å². The minimum atomic E-state index is -1.07. The van der Waals surface area contributed by atoms with Crippen molar-refractivity contribution in [1.82, 2.24) is 5.32 Å². The fourth-order valence-electron chi connectivity index (χ4n) is 2.75. The van der Waals surface area contributed by atoms with Gasteiger partial charge in [0.25, 0.3) is 0 Å². The Morgan fingerprint density at radius 3 is 2.61 bits per heavy atom. The highest BCUT2D eigenvalue weighted by Gasteiger charge is 2.30. The molecule has 1 aromatic rings. The van der Waals surface area contributed by atoms with E-state index in [4.69, 9.17) is 20.3 Å². The molecule has 1 unspecified atom stereocenters. The highest BCUT2D eigenvalue weighted by Crippen LogP contribution is 2.37. The molecule has 0 saturated carbocycles. The summed E-state index contributed by atoms with van der Waals surface area (Å²) in [6.45, 7) is 7.33. The first-order chi connectivity index (χ1) is 10.8. The summed E-state index contributed by atoms with van der Waals surface area (Å²) < 4.78 is 11.3. The number of hydrogen-bond acceptors (Lipinski definition) is 4. The van der Waals surface area contributed by atoms with Crippen LogP contribution in [0.15, 0.2) is 18.2 Å². The summed E-state index contributed by atoms with van der Waals surface area (Å²) in [5, 5.41) is 11.7. The van der Waals surface area contributed by atoms with Gasteiger partial charge in [0.2, 0.25) is 0 Å². The van der Waals surface area contributed by atoms with Gasteiger partial charge in [-0.25, -0.2) is 4.79 Å². The van der Waals surface area contributed by atoms with Crippen molar-refractivity contribution in [2.24, 2.45) is 5.41 Å². The van der Waals surface area contributed by atoms with Gasteiger partial charge in [0, 0.05) is 24.1 Å². The molecular weight excluding hydrogens is 296 g/mol. The Balaban J connectivity index is 2.25. The van der Waals surface area contributed by atoms with Crippen LogP contribution in [-0.4, -0.2) is 30.5 Å². The molecule has 0 radical (unpaired) electrons. The minimum Gasteiger partial charge on any atom is -0.490 e. The lowest BCUT2D eigenvalue weighted by atomic mass is 9.81. The number of benzene rings is 1. The molecule has 1 aromatic carbocycles. The molecule has 1 fully saturated rings. The van der Waals surface area contributed by atoms with Crippen molar-refractivity contribution in [2.45, 2.75) is 45.8 Å². The van der Waals surface area contributed by atoms with Gasteiger partial charge in [0.15, 0.2) is 0 Å². The second-order valence-electron chi connectivity index (χ2n) is 6.97. The molecule has 1 aliphatic heterocycles. The number of nitrogens with one attached hydrogen (secondary N) is 1. The van der Waals surface area contributed by atoms with Gasteiger partial charge in [-0.05, 0) is 23.6 Å². The largest absolute Gasteiger partial charge is 0.490 e. The van der Waals surface area contributed by atoms with Crippen LogP contribution in [0.25, 0.3) is 0 Å². The Bertz CT molecular complexity index is 548. The van der Waals surface area contributed by atoms with Crippen LogP contribution in [0.2, 0.25) is 0 Å². The molecule has 128 valence electrons. The van der Waals surface area contributed by atoms with E-state index in [0.717, 1.165) is 18.4 Å². The third-order valence-corrected chi connectivity index (χ3v) is 3.97. The van der Waals surface area contributed by atoms with Gasteiger partial charge in [-0.1, -0.05) is 20.8 Å². The number of carbonyl (C=O) groups is 1. The monoisotopic (exact) mass is 322 g/mol. The molecular formula is C17H26N2O4. The van der Waals surface area contributed by atoms with Crippen LogP contribution in [0.5, 0.6) is 5.75 Å². The maximum Gasteiger partial charge on any atom is 0.405 e. The molecule has 4 N–H and O–H groups in total. The summed E-state index contributed by atoms with van der Waals surface area (Å²) >= 11 is 0. The fraction of sp³-hybridized carbons (Fsp3) is 0.588. The number of anilines is 1. The van der Waals surface area contributed by atoms with Crippen LogP contribution in [-0.2, 0) is 4.74 Å². The molecule has 23 heavy (non-hydrogen) atoms. The van der Waals surface area contributed by atoms with Crippen molar-refractivity contribution in [3.05, 3.63) is 23.8 Å². The summed E-state index contributed by atoms with van der Waals surface area (Å²) in [7, 11) is 0. The lowest BCUT2D eigenvalue weighted by molar-refractivity contribution is 0.0255. The Hall–Kier alpha value is -1.95. The Labute approximate surface area is 137 Å². The first kappa shape index (κ1) is 17.4. The predicted molar refractivity (Wildman–Crippen MR) is 88.7 cm³/mol. The summed E-state index contributed by atoms with van der Waals surface area (Å²) in [5.74, 6) is 0.711. The van der Waals surface area contributed by atoms with E-state index in [1.54, 1.807) is 6.07 Å². The molecule has 1 atom stereocenters. The average molecular weight is 322 g/mol. The molecule has 1 saturated heterocycles. The lowest BCUT2D eigenvalue weighted by Crippen LogP contribution is -2.36. The van der Waals surface area contributed by atoms with E-state index in [0.29, 0.717) is 24.7 Å². The van der Waals surface area contributed by atoms with Gasteiger partial charge in [-0.2, -0.15) is 0 Å². The highest BCUT2D eigenvalue weighted by molar-refractivity contribution is 5.66. The minimum absolute atomic E-state index is 0.126. The topological polar surface area (TPSA) is 93.8 Å². The van der Waals surface area contributed by atoms with Crippen molar-refractivity contribution >= 4 is 11.8 Å². The molecule has 0 aliphatic carbocycles. The summed E-state index contributed by atoms with van der Waals surface area (Å²) in [5.41, 5.74) is 7.07. The van der Waals surface area contributed by atoms with Crippen LogP contribution in [0.3, 0.4) is 0 Å². The second kappa shape index (κ2) is 7.08. The number of nitrogen functional groups attached to an aromatic ring is 1. The van der Waals surface area contributed by atoms with Crippen LogP contribution < -0.4 is 15.8 Å². The smallest absolute Gasteiger partial charge is 0.405 e. The number of nitrogens with two attached hydrogens (primary N) is 1. The fourth-order valence-corrected chi connectivity index (χ4v) is 2.75. The normalized spacial score (nSPS) is 17.5. The third-order valence-electron chi connectivity index (χ3n) is 3.97. The van der Waals surface area contributed by atoms with Gasteiger partial charge in [0.1, 0.15) is 11.9 Å². The molecule has 6 nitrogen and oxygen atoms in total. The third kappa shape index (κ3) is 4.76. The molecule has 1 amide bonds. The first-order valence-electron chi connectivity index (χ1n) is 7.90. The van der Waals surface area contributed by atoms with E-state index in [1.165, 1.54) is 0 Å². The van der Waals surface area contributed by atoms with Gasteiger partial charge in [-0.15, -0.1) is 0 Å². The molecule has 2 rings (SSSR count). The van der Waals surface area contributed by atoms with Gasteiger partial charge in [0.05, 0.1) is 19.3 Å². The van der Waals surface area contributed by atoms with Crippen LogP contribution in [0, 0.1) is 5.41 Å². The number of amides is 1. The Morgan fingerprint density at radius 1 is 1.39 bits per heavy atom. The van der Waals surface area contributed by atoms with Crippen molar-refractivity contribution < 1.29 is 19.4 Å². The number of carboxylic acid groups (broad SMARTS) is 1. The number of rotatable bonds is 4. The Morgan fingerprint density at radius 2 is 2.04 bits per heavy atom. The zero-order valence-electron chi connectivity index (χ0n) is 14.0. The van der Waals surface area contributed by atoms with E-state index in [2.05, 4.69) is 5.32 Å². The summed E-state index contributed by atoms with van der Waals surface area (Å²) in [6.07, 6.45) is 0.770. The zero-order chi connectivity index (χ0) is 17.0. The first-order valence-corrected chi connectivity index (χ1v) is 7.90. The molecule has 6 heteroatoms. The molecule has 0 bridgehead atoms. The van der Waals surface area contributed by atoms with Crippen LogP contribution in [0.4, 0.5) is 10.5 Å². The van der Waals surface area contributed by atoms with Gasteiger partial charge in [-0.3, -0.25) is 0 Å². The van der Waals surface area contributed by atoms with E-state index < -0.39 is 12.1 Å². The quantitative estimate of drug-likeness (QED) is 0.740. The van der Waals surface area contributed by atoms with Crippen molar-refractivity contribution in [1.29, 1.82) is 0 Å². The number of hydrogen-bond donors (Lipinski definition) is 3. The summed E-state index contributed by atoms with van der Waals surface area (Å²) in [4.78, 5) is 11.1. The van der Waals surface area contributed by atoms with Crippen molar-refractivity contribution in [3.63, 3.8) is 0 Å². The van der Waals surface area contributed by atoms with E-state index >= 15 is 0 Å². The van der Waals surface area contributed by atoms with Crippen LogP contribution >= 0.6 is 0 Å². The Kier molecular flexibility index (Phi) is 5.36. The van der Waals surface area contributed by atoms with Crippen molar-refractivity contribution in [3.8, 4) is 5.75 Å². The molecule has 0 aromatic heterocycles. The van der Waals surface area contributed by atoms with Crippen LogP contribution in [0.1, 0.15) is 45.2 Å². The maximum absolute atomic E-state index is 11.1. The number of ether oxygens (including phenoxy) is 2. The van der Waals surface area contributed by atoms with E-state index in [9.17, 15) is 4.79 Å². The van der Waals surface area contributed by atoms with Gasteiger partial charge < -0.3 is 25.6 Å². The standard InChI is InChI=1S/C17H26N2O4/c1-17(2,3)15(19-16(20)21)13-10-12(4-5-14(13)18)23-11-6-8-22-9-7-11/h4-5,10-11,15,19H,6-9,18H2,1-3H3,(H,20,21). The molecule has 1 aliphatic rings. The summed E-state index contributed by atoms with van der Waals surface area (Å²) in [6, 6.07) is 5.02. The zero-order valence-corrected chi connectivity index (χ0v) is 14.0. The highest BCUT2D eigenvalue weighted by atomic mass is 16.5. The second-order valence-corrected chi connectivity index (χ2v) is 6.97. The molecule has 0 spiro atoms. The van der Waals surface area contributed by atoms with Crippen molar-refractivity contribution in [2.75, 3.05) is 18.9 Å². The predicted octanol–water partition coefficient (Wildman–Crippen LogP) is 3.18. The van der Waals surface area contributed by atoms with E-state index in [-0.39, 0.29) is 11.5 Å². The van der Waals surface area contributed by atoms with Gasteiger partial charge >= 0.3 is 6.09 Å². The molecule has 1 heterocycles. The average Bonchev–Trinajstić information content (AvgIpc) is 2.47. The lowest BCUT2D eigenvalue weighted by Gasteiger charge is -2.32.